The molecule has 8 rings (SSSR count). The van der Waals surface area contributed by atoms with Crippen molar-refractivity contribution in [2.24, 2.45) is 17.8 Å². The Balaban J connectivity index is 1.44. The molecule has 3 aliphatic heterocycles. The van der Waals surface area contributed by atoms with Crippen LogP contribution in [0.25, 0.3) is 0 Å². The van der Waals surface area contributed by atoms with Gasteiger partial charge in [-0.3, -0.25) is 19.3 Å². The van der Waals surface area contributed by atoms with E-state index in [1.807, 2.05) is 12.1 Å². The monoisotopic (exact) mass is 471 g/mol. The molecule has 3 aromatic rings. The first-order chi connectivity index (χ1) is 16.6. The number of nitrogens with zero attached hydrogens (tertiary/aromatic N) is 3. The minimum absolute atomic E-state index is 0.0400. The minimum atomic E-state index is -0.540. The van der Waals surface area contributed by atoms with Crippen molar-refractivity contribution < 1.29 is 14.6 Å². The summed E-state index contributed by atoms with van der Waals surface area (Å²) >= 11 is 1.80. The van der Waals surface area contributed by atoms with Crippen LogP contribution in [0.4, 0.5) is 0 Å². The summed E-state index contributed by atoms with van der Waals surface area (Å²) in [5, 5.41) is 12.8. The summed E-state index contributed by atoms with van der Waals surface area (Å²) in [6.45, 7) is 0.978. The molecule has 8 heteroatoms. The van der Waals surface area contributed by atoms with Crippen LogP contribution in [-0.2, 0) is 5.75 Å². The fourth-order valence-electron chi connectivity index (χ4n) is 6.22. The molecular weight excluding hydrogens is 450 g/mol. The molecule has 2 fully saturated rings. The number of hydrogen-bond donors (Lipinski definition) is 1. The maximum Gasteiger partial charge on any atom is 0.277 e. The van der Waals surface area contributed by atoms with Crippen LogP contribution in [0.2, 0.25) is 0 Å². The number of pyridine rings is 1. The minimum Gasteiger partial charge on any atom is -0.502 e. The lowest BCUT2D eigenvalue weighted by molar-refractivity contribution is 0.0648. The second-order valence-electron chi connectivity index (χ2n) is 9.79. The molecule has 1 N–H and O–H groups in total. The van der Waals surface area contributed by atoms with Crippen molar-refractivity contribution >= 4 is 17.7 Å². The number of thioether (sulfide) groups is 1. The third-order valence-electron chi connectivity index (χ3n) is 8.07. The van der Waals surface area contributed by atoms with Crippen molar-refractivity contribution in [2.45, 2.75) is 22.8 Å². The fraction of sp³-hybridized carbons (Fsp3) is 0.308. The van der Waals surface area contributed by atoms with E-state index in [0.29, 0.717) is 31.0 Å². The van der Waals surface area contributed by atoms with Gasteiger partial charge in [0.15, 0.2) is 11.4 Å². The highest BCUT2D eigenvalue weighted by Gasteiger charge is 2.76. The van der Waals surface area contributed by atoms with Gasteiger partial charge in [-0.15, -0.1) is 11.8 Å². The highest BCUT2D eigenvalue weighted by Crippen LogP contribution is 2.70. The van der Waals surface area contributed by atoms with Gasteiger partial charge in [-0.05, 0) is 29.2 Å². The lowest BCUT2D eigenvalue weighted by Crippen LogP contribution is -2.56. The van der Waals surface area contributed by atoms with Crippen LogP contribution in [0.1, 0.15) is 33.2 Å². The van der Waals surface area contributed by atoms with E-state index < -0.39 is 11.2 Å². The van der Waals surface area contributed by atoms with Crippen LogP contribution in [0.3, 0.4) is 0 Å². The summed E-state index contributed by atoms with van der Waals surface area (Å²) in [6.07, 6.45) is 1.82. The average molecular weight is 472 g/mol. The van der Waals surface area contributed by atoms with E-state index in [-0.39, 0.29) is 23.7 Å². The Morgan fingerprint density at radius 2 is 1.88 bits per heavy atom. The number of carbonyl (C=O) groups is 1. The van der Waals surface area contributed by atoms with Crippen LogP contribution >= 0.6 is 11.8 Å². The molecule has 0 spiro atoms. The summed E-state index contributed by atoms with van der Waals surface area (Å²) in [6, 6.07) is 15.7. The van der Waals surface area contributed by atoms with E-state index >= 15 is 0 Å². The summed E-state index contributed by atoms with van der Waals surface area (Å²) in [4.78, 5) is 28.8. The van der Waals surface area contributed by atoms with Crippen molar-refractivity contribution in [3.05, 3.63) is 87.3 Å². The Hall–Kier alpha value is -3.39. The first-order valence-electron chi connectivity index (χ1n) is 11.6. The van der Waals surface area contributed by atoms with Gasteiger partial charge in [0.25, 0.3) is 5.91 Å². The Kier molecular flexibility index (Phi) is 3.56. The Labute approximate surface area is 199 Å². The second-order valence-corrected chi connectivity index (χ2v) is 10.8. The molecule has 2 unspecified atom stereocenters. The van der Waals surface area contributed by atoms with Crippen molar-refractivity contribution in [1.29, 1.82) is 0 Å². The van der Waals surface area contributed by atoms with Gasteiger partial charge in [0.1, 0.15) is 24.6 Å². The number of rotatable bonds is 0. The molecule has 2 saturated carbocycles. The molecule has 34 heavy (non-hydrogen) atoms. The first kappa shape index (κ1) is 19.0. The number of benzene rings is 2. The van der Waals surface area contributed by atoms with E-state index in [4.69, 9.17) is 4.74 Å². The Morgan fingerprint density at radius 1 is 1.03 bits per heavy atom. The highest BCUT2D eigenvalue weighted by atomic mass is 32.2. The molecule has 0 saturated heterocycles. The number of amides is 1. The van der Waals surface area contributed by atoms with Crippen molar-refractivity contribution in [3.63, 3.8) is 0 Å². The number of hydrogen-bond acceptors (Lipinski definition) is 6. The highest BCUT2D eigenvalue weighted by molar-refractivity contribution is 7.98. The topological polar surface area (TPSA) is 75.0 Å². The quantitative estimate of drug-likeness (QED) is 0.544. The number of aromatic nitrogens is 1. The van der Waals surface area contributed by atoms with E-state index in [9.17, 15) is 14.7 Å². The Bertz CT molecular complexity index is 1460. The second kappa shape index (κ2) is 6.39. The molecule has 2 bridgehead atoms. The molecule has 170 valence electrons. The van der Waals surface area contributed by atoms with Crippen molar-refractivity contribution in [3.8, 4) is 11.5 Å². The molecule has 5 aliphatic rings. The largest absolute Gasteiger partial charge is 0.502 e. The summed E-state index contributed by atoms with van der Waals surface area (Å²) in [5.74, 6) is 2.31. The zero-order valence-corrected chi connectivity index (χ0v) is 18.9. The molecule has 7 nitrogen and oxygen atoms in total. The van der Waals surface area contributed by atoms with Gasteiger partial charge in [-0.1, -0.05) is 30.3 Å². The predicted octanol–water partition coefficient (Wildman–Crippen LogP) is 2.94. The number of carbonyl (C=O) groups excluding carboxylic acids is 1. The molecule has 2 aromatic carbocycles. The van der Waals surface area contributed by atoms with Gasteiger partial charge in [0.2, 0.25) is 5.43 Å². The van der Waals surface area contributed by atoms with Gasteiger partial charge < -0.3 is 14.7 Å². The van der Waals surface area contributed by atoms with E-state index in [1.54, 1.807) is 27.5 Å². The smallest absolute Gasteiger partial charge is 0.277 e. The SMILES string of the molecule is O=C1c2c(O)c(=O)ccn2N2CN1C[C@@H]1C3C(Oc4cccc5c4[C@H]2c2ccccc2SC5)[C@H]31. The number of fused-ring (bicyclic) bond motifs is 9. The van der Waals surface area contributed by atoms with Gasteiger partial charge in [0, 0.05) is 46.9 Å². The molecule has 5 atom stereocenters. The van der Waals surface area contributed by atoms with Crippen LogP contribution in [0.5, 0.6) is 11.5 Å². The lowest BCUT2D eigenvalue weighted by Gasteiger charge is -2.44. The van der Waals surface area contributed by atoms with Gasteiger partial charge in [0.05, 0.1) is 0 Å². The summed E-state index contributed by atoms with van der Waals surface area (Å²) in [7, 11) is 0. The average Bonchev–Trinajstić information content (AvgIpc) is 3.75. The predicted molar refractivity (Wildman–Crippen MR) is 126 cm³/mol. The molecular formula is C26H21N3O4S. The third-order valence-corrected chi connectivity index (χ3v) is 9.20. The third kappa shape index (κ3) is 2.39. The zero-order chi connectivity index (χ0) is 22.7. The van der Waals surface area contributed by atoms with E-state index in [0.717, 1.165) is 22.6 Å². The molecule has 1 amide bonds. The maximum absolute atomic E-state index is 13.5. The molecule has 4 heterocycles. The summed E-state index contributed by atoms with van der Waals surface area (Å²) in [5.41, 5.74) is 2.92. The van der Waals surface area contributed by atoms with E-state index in [2.05, 4.69) is 35.3 Å². The lowest BCUT2D eigenvalue weighted by atomic mass is 9.93. The van der Waals surface area contributed by atoms with Crippen LogP contribution in [0.15, 0.2) is 64.4 Å². The van der Waals surface area contributed by atoms with Crippen molar-refractivity contribution in [2.75, 3.05) is 18.2 Å². The zero-order valence-electron chi connectivity index (χ0n) is 18.1. The summed E-state index contributed by atoms with van der Waals surface area (Å²) < 4.78 is 8.29. The van der Waals surface area contributed by atoms with Gasteiger partial charge >= 0.3 is 0 Å². The van der Waals surface area contributed by atoms with Crippen LogP contribution in [0, 0.1) is 17.8 Å². The number of ether oxygens (including phenoxy) is 1. The van der Waals surface area contributed by atoms with Gasteiger partial charge in [-0.25, -0.2) is 0 Å². The first-order valence-corrected chi connectivity index (χ1v) is 12.6. The standard InChI is InChI=1S/C26H21N3O4S/c30-16-8-9-28-23(24(16)31)26(32)27-10-15-20-21(15)25(20)33-17-6-3-4-13-11-34-18-7-2-1-5-14(18)22(19(13)17)29(28)12-27/h1-9,15,20-22,25,31H,10-12H2/t15-,20-,21?,22+,25?/m0/s1. The van der Waals surface area contributed by atoms with E-state index in [1.165, 1.54) is 16.5 Å². The molecule has 2 aliphatic carbocycles. The van der Waals surface area contributed by atoms with Gasteiger partial charge in [-0.2, -0.15) is 0 Å². The van der Waals surface area contributed by atoms with Crippen LogP contribution < -0.4 is 15.2 Å². The molecule has 0 radical (unpaired) electrons. The normalized spacial score (nSPS) is 29.4. The van der Waals surface area contributed by atoms with Crippen LogP contribution in [-0.4, -0.2) is 39.9 Å². The maximum atomic E-state index is 13.5. The van der Waals surface area contributed by atoms with Crippen molar-refractivity contribution in [1.82, 2.24) is 9.58 Å². The Morgan fingerprint density at radius 3 is 2.76 bits per heavy atom. The number of aromatic hydroxyl groups is 1. The fourth-order valence-corrected chi connectivity index (χ4v) is 7.30. The molecule has 1 aromatic heterocycles.